The number of aryl methyl sites for hydroxylation is 1. The van der Waals surface area contributed by atoms with Crippen LogP contribution < -0.4 is 5.32 Å². The number of ether oxygens (including phenoxy) is 1. The Morgan fingerprint density at radius 1 is 1.08 bits per heavy atom. The first-order valence-corrected chi connectivity index (χ1v) is 14.0. The number of hydrogen-bond donors (Lipinski definition) is 1. The molecular formula is C29H42N6O4. The van der Waals surface area contributed by atoms with Gasteiger partial charge in [0.25, 0.3) is 0 Å². The largest absolute Gasteiger partial charge is 0.384 e. The highest BCUT2D eigenvalue weighted by Crippen LogP contribution is 2.24. The fourth-order valence-electron chi connectivity index (χ4n) is 5.67. The van der Waals surface area contributed by atoms with Crippen molar-refractivity contribution >= 4 is 17.7 Å². The normalized spacial score (nSPS) is 21.5. The maximum Gasteiger partial charge on any atom is 0.243 e. The topological polar surface area (TPSA) is 110 Å². The number of fused-ring (bicyclic) bond motifs is 2. The molecule has 39 heavy (non-hydrogen) atoms. The van der Waals surface area contributed by atoms with E-state index in [1.807, 2.05) is 60.7 Å². The number of hydrogen-bond acceptors (Lipinski definition) is 6. The Morgan fingerprint density at radius 2 is 1.85 bits per heavy atom. The lowest BCUT2D eigenvalue weighted by Crippen LogP contribution is -2.53. The van der Waals surface area contributed by atoms with Crippen LogP contribution in [0, 0.1) is 12.3 Å². The summed E-state index contributed by atoms with van der Waals surface area (Å²) in [6, 6.07) is 9.02. The van der Waals surface area contributed by atoms with Gasteiger partial charge in [0.15, 0.2) is 0 Å². The summed E-state index contributed by atoms with van der Waals surface area (Å²) >= 11 is 0. The minimum absolute atomic E-state index is 0.0210. The van der Waals surface area contributed by atoms with Gasteiger partial charge >= 0.3 is 0 Å². The van der Waals surface area contributed by atoms with Gasteiger partial charge in [0.1, 0.15) is 17.7 Å². The van der Waals surface area contributed by atoms with Gasteiger partial charge in [0.05, 0.1) is 24.6 Å². The van der Waals surface area contributed by atoms with Gasteiger partial charge in [0.2, 0.25) is 17.7 Å². The van der Waals surface area contributed by atoms with E-state index >= 15 is 0 Å². The highest BCUT2D eigenvalue weighted by molar-refractivity contribution is 5.88. The van der Waals surface area contributed by atoms with Crippen LogP contribution in [0.4, 0.5) is 0 Å². The standard InChI is InChI=1S/C29H42N6O4/c1-21-30-26-23(19-22-11-6-5-7-12-22)31-27(37)24-13-8-9-16-34(24)25(36)14-10-15-33(17-18-35(26)32-21)28(38)29(2,3)20-39-4/h5-7,11-12,23-24H,8-10,13-20H2,1-4H3,(H,31,37)/t23-,24+/m1/s1. The molecule has 2 aliphatic rings. The molecule has 2 aliphatic heterocycles. The Hall–Kier alpha value is -3.27. The first kappa shape index (κ1) is 28.7. The molecule has 2 aromatic rings. The molecule has 3 amide bonds. The molecule has 0 bridgehead atoms. The van der Waals surface area contributed by atoms with Crippen LogP contribution >= 0.6 is 0 Å². The van der Waals surface area contributed by atoms with E-state index in [1.54, 1.807) is 12.0 Å². The summed E-state index contributed by atoms with van der Waals surface area (Å²) in [6.45, 7) is 7.74. The zero-order valence-corrected chi connectivity index (χ0v) is 23.7. The summed E-state index contributed by atoms with van der Waals surface area (Å²) in [6.07, 6.45) is 3.77. The molecule has 10 heteroatoms. The number of methoxy groups -OCH3 is 1. The Bertz CT molecular complexity index is 1150. The van der Waals surface area contributed by atoms with Gasteiger partial charge < -0.3 is 19.9 Å². The molecule has 212 valence electrons. The number of nitrogens with zero attached hydrogens (tertiary/aromatic N) is 5. The van der Waals surface area contributed by atoms with Gasteiger partial charge in [-0.2, -0.15) is 5.10 Å². The van der Waals surface area contributed by atoms with E-state index in [0.717, 1.165) is 18.4 Å². The lowest BCUT2D eigenvalue weighted by molar-refractivity contribution is -0.145. The Kier molecular flexibility index (Phi) is 9.37. The van der Waals surface area contributed by atoms with E-state index < -0.39 is 17.5 Å². The highest BCUT2D eigenvalue weighted by Gasteiger charge is 2.36. The van der Waals surface area contributed by atoms with Crippen LogP contribution in [0.1, 0.15) is 69.2 Å². The molecule has 0 unspecified atom stereocenters. The maximum atomic E-state index is 13.7. The predicted molar refractivity (Wildman–Crippen MR) is 147 cm³/mol. The highest BCUT2D eigenvalue weighted by atomic mass is 16.5. The van der Waals surface area contributed by atoms with Gasteiger partial charge in [-0.1, -0.05) is 30.3 Å². The van der Waals surface area contributed by atoms with Crippen molar-refractivity contribution in [3.63, 3.8) is 0 Å². The van der Waals surface area contributed by atoms with Crippen LogP contribution in [0.3, 0.4) is 0 Å². The number of carbonyl (C=O) groups is 3. The van der Waals surface area contributed by atoms with Crippen molar-refractivity contribution in [2.24, 2.45) is 5.41 Å². The van der Waals surface area contributed by atoms with Gasteiger partial charge in [-0.05, 0) is 58.4 Å². The molecule has 3 heterocycles. The number of piperidine rings is 1. The zero-order valence-electron chi connectivity index (χ0n) is 23.7. The molecule has 0 radical (unpaired) electrons. The number of rotatable bonds is 5. The predicted octanol–water partition coefficient (Wildman–Crippen LogP) is 2.66. The SMILES string of the molecule is COCC(C)(C)C(=O)N1CCCC(=O)N2CCCC[C@H]2C(=O)N[C@H](Cc2ccccc2)c2nc(C)nn2CC1. The quantitative estimate of drug-likeness (QED) is 0.627. The number of aromatic nitrogens is 3. The smallest absolute Gasteiger partial charge is 0.243 e. The van der Waals surface area contributed by atoms with Gasteiger partial charge in [-0.15, -0.1) is 0 Å². The minimum atomic E-state index is -0.701. The summed E-state index contributed by atoms with van der Waals surface area (Å²) in [5.41, 5.74) is 0.360. The van der Waals surface area contributed by atoms with E-state index in [1.165, 1.54) is 0 Å². The Labute approximate surface area is 231 Å². The summed E-state index contributed by atoms with van der Waals surface area (Å²) < 4.78 is 7.15. The molecule has 0 spiro atoms. The number of benzene rings is 1. The van der Waals surface area contributed by atoms with Crippen molar-refractivity contribution < 1.29 is 19.1 Å². The van der Waals surface area contributed by atoms with Gasteiger partial charge in [-0.3, -0.25) is 14.4 Å². The fourth-order valence-corrected chi connectivity index (χ4v) is 5.67. The molecule has 1 aromatic heterocycles. The summed E-state index contributed by atoms with van der Waals surface area (Å²) in [5, 5.41) is 7.88. The molecule has 1 fully saturated rings. The number of amides is 3. The first-order chi connectivity index (χ1) is 18.7. The second-order valence-electron chi connectivity index (χ2n) is 11.3. The molecule has 0 aliphatic carbocycles. The van der Waals surface area contributed by atoms with Crippen LogP contribution in [0.5, 0.6) is 0 Å². The molecule has 4 rings (SSSR count). The van der Waals surface area contributed by atoms with E-state index in [0.29, 0.717) is 70.1 Å². The molecule has 0 saturated carbocycles. The van der Waals surface area contributed by atoms with Crippen molar-refractivity contribution in [1.82, 2.24) is 29.9 Å². The van der Waals surface area contributed by atoms with Crippen molar-refractivity contribution in [2.75, 3.05) is 33.4 Å². The van der Waals surface area contributed by atoms with Crippen LogP contribution in [0.2, 0.25) is 0 Å². The van der Waals surface area contributed by atoms with Crippen molar-refractivity contribution in [2.45, 2.75) is 77.9 Å². The van der Waals surface area contributed by atoms with Crippen LogP contribution in [0.25, 0.3) is 0 Å². The molecule has 2 atom stereocenters. The molecule has 1 N–H and O–H groups in total. The minimum Gasteiger partial charge on any atom is -0.384 e. The Balaban J connectivity index is 1.70. The molecular weight excluding hydrogens is 496 g/mol. The van der Waals surface area contributed by atoms with Crippen LogP contribution in [-0.4, -0.2) is 81.7 Å². The van der Waals surface area contributed by atoms with Crippen molar-refractivity contribution in [3.8, 4) is 0 Å². The fraction of sp³-hybridized carbons (Fsp3) is 0.621. The molecule has 1 saturated heterocycles. The summed E-state index contributed by atoms with van der Waals surface area (Å²) in [5.74, 6) is 1.06. The average molecular weight is 539 g/mol. The number of carbonyl (C=O) groups excluding carboxylic acids is 3. The third kappa shape index (κ3) is 7.03. The van der Waals surface area contributed by atoms with Gasteiger partial charge in [0, 0.05) is 33.2 Å². The molecule has 10 nitrogen and oxygen atoms in total. The van der Waals surface area contributed by atoms with Crippen LogP contribution in [-0.2, 0) is 32.1 Å². The van der Waals surface area contributed by atoms with Crippen LogP contribution in [0.15, 0.2) is 30.3 Å². The summed E-state index contributed by atoms with van der Waals surface area (Å²) in [7, 11) is 1.59. The van der Waals surface area contributed by atoms with Crippen molar-refractivity contribution in [3.05, 3.63) is 47.5 Å². The van der Waals surface area contributed by atoms with E-state index in [9.17, 15) is 14.4 Å². The van der Waals surface area contributed by atoms with E-state index in [2.05, 4.69) is 10.4 Å². The lowest BCUT2D eigenvalue weighted by Gasteiger charge is -2.36. The zero-order chi connectivity index (χ0) is 28.0. The monoisotopic (exact) mass is 538 g/mol. The van der Waals surface area contributed by atoms with E-state index in [4.69, 9.17) is 9.72 Å². The Morgan fingerprint density at radius 3 is 2.59 bits per heavy atom. The third-order valence-corrected chi connectivity index (χ3v) is 7.61. The average Bonchev–Trinajstić information content (AvgIpc) is 3.30. The maximum absolute atomic E-state index is 13.7. The third-order valence-electron chi connectivity index (χ3n) is 7.61. The summed E-state index contributed by atoms with van der Waals surface area (Å²) in [4.78, 5) is 48.8. The second kappa shape index (κ2) is 12.7. The molecule has 1 aromatic carbocycles. The van der Waals surface area contributed by atoms with Crippen molar-refractivity contribution in [1.29, 1.82) is 0 Å². The lowest BCUT2D eigenvalue weighted by atomic mass is 9.92. The van der Waals surface area contributed by atoms with Gasteiger partial charge in [-0.25, -0.2) is 9.67 Å². The van der Waals surface area contributed by atoms with E-state index in [-0.39, 0.29) is 17.7 Å². The first-order valence-electron chi connectivity index (χ1n) is 14.0. The second-order valence-corrected chi connectivity index (χ2v) is 11.3. The number of nitrogens with one attached hydrogen (secondary N) is 1.